The standard InChI is InChI=1S/C30H28FN3O/c1-3-4-12-29-28(30(35)34(21(2)33-29)20-23-8-7-10-26(31)17-23)18-22-13-15-24(16-14-22)27-11-6-5-9-25(27)19-32/h5-11,13-17H,3-4,12,18,20H2,1-2H3. The zero-order valence-electron chi connectivity index (χ0n) is 20.1. The number of hydrogen-bond donors (Lipinski definition) is 0. The van der Waals surface area contributed by atoms with Crippen LogP contribution in [0.25, 0.3) is 11.1 Å². The number of aryl methyl sites for hydroxylation is 2. The van der Waals surface area contributed by atoms with E-state index >= 15 is 0 Å². The second-order valence-electron chi connectivity index (χ2n) is 8.74. The molecule has 0 saturated carbocycles. The first kappa shape index (κ1) is 24.1. The van der Waals surface area contributed by atoms with Gasteiger partial charge in [0.1, 0.15) is 11.6 Å². The summed E-state index contributed by atoms with van der Waals surface area (Å²) in [6, 6.07) is 24.1. The van der Waals surface area contributed by atoms with Gasteiger partial charge >= 0.3 is 0 Å². The van der Waals surface area contributed by atoms with Crippen molar-refractivity contribution >= 4 is 0 Å². The van der Waals surface area contributed by atoms with Crippen LogP contribution in [0, 0.1) is 24.1 Å². The quantitative estimate of drug-likeness (QED) is 0.311. The maximum Gasteiger partial charge on any atom is 0.257 e. The van der Waals surface area contributed by atoms with Crippen molar-refractivity contribution in [3.63, 3.8) is 0 Å². The van der Waals surface area contributed by atoms with E-state index in [4.69, 9.17) is 4.98 Å². The average molecular weight is 466 g/mol. The Morgan fingerprint density at radius 2 is 1.77 bits per heavy atom. The molecule has 0 N–H and O–H groups in total. The molecule has 0 saturated heterocycles. The van der Waals surface area contributed by atoms with Crippen LogP contribution in [0.2, 0.25) is 0 Å². The molecule has 0 amide bonds. The van der Waals surface area contributed by atoms with Gasteiger partial charge < -0.3 is 0 Å². The van der Waals surface area contributed by atoms with Crippen LogP contribution >= 0.6 is 0 Å². The summed E-state index contributed by atoms with van der Waals surface area (Å²) in [4.78, 5) is 18.4. The van der Waals surface area contributed by atoms with Crippen LogP contribution < -0.4 is 5.56 Å². The Morgan fingerprint density at radius 3 is 2.49 bits per heavy atom. The molecule has 0 aliphatic rings. The van der Waals surface area contributed by atoms with Gasteiger partial charge in [-0.1, -0.05) is 67.9 Å². The summed E-state index contributed by atoms with van der Waals surface area (Å²) >= 11 is 0. The molecule has 3 aromatic carbocycles. The lowest BCUT2D eigenvalue weighted by molar-refractivity contribution is 0.618. The molecule has 4 aromatic rings. The van der Waals surface area contributed by atoms with Crippen LogP contribution in [-0.2, 0) is 19.4 Å². The third-order valence-corrected chi connectivity index (χ3v) is 6.23. The predicted molar refractivity (Wildman–Crippen MR) is 137 cm³/mol. The molecule has 0 radical (unpaired) electrons. The number of nitriles is 1. The summed E-state index contributed by atoms with van der Waals surface area (Å²) in [5.41, 5.74) is 5.65. The Bertz CT molecular complexity index is 1430. The van der Waals surface area contributed by atoms with Crippen LogP contribution in [-0.4, -0.2) is 9.55 Å². The van der Waals surface area contributed by atoms with Crippen LogP contribution in [0.15, 0.2) is 77.6 Å². The fourth-order valence-corrected chi connectivity index (χ4v) is 4.33. The van der Waals surface area contributed by atoms with Gasteiger partial charge in [0.05, 0.1) is 23.9 Å². The van der Waals surface area contributed by atoms with E-state index in [1.165, 1.54) is 12.1 Å². The molecule has 176 valence electrons. The second kappa shape index (κ2) is 10.9. The number of nitrogens with zero attached hydrogens (tertiary/aromatic N) is 3. The zero-order valence-corrected chi connectivity index (χ0v) is 20.1. The van der Waals surface area contributed by atoms with Crippen molar-refractivity contribution in [2.24, 2.45) is 0 Å². The molecule has 4 rings (SSSR count). The Morgan fingerprint density at radius 1 is 1.00 bits per heavy atom. The Hall–Kier alpha value is -4.04. The number of halogens is 1. The normalized spacial score (nSPS) is 10.8. The maximum absolute atomic E-state index is 13.7. The fraction of sp³-hybridized carbons (Fsp3) is 0.233. The largest absolute Gasteiger partial charge is 0.292 e. The van der Waals surface area contributed by atoms with Crippen molar-refractivity contribution in [1.82, 2.24) is 9.55 Å². The number of hydrogen-bond acceptors (Lipinski definition) is 3. The van der Waals surface area contributed by atoms with Gasteiger partial charge in [-0.3, -0.25) is 9.36 Å². The first-order valence-electron chi connectivity index (χ1n) is 11.9. The molecule has 35 heavy (non-hydrogen) atoms. The highest BCUT2D eigenvalue weighted by Gasteiger charge is 2.16. The minimum absolute atomic E-state index is 0.0771. The lowest BCUT2D eigenvalue weighted by atomic mass is 9.97. The lowest BCUT2D eigenvalue weighted by Gasteiger charge is -2.16. The average Bonchev–Trinajstić information content (AvgIpc) is 2.87. The number of unbranched alkanes of at least 4 members (excludes halogenated alkanes) is 1. The van der Waals surface area contributed by atoms with E-state index in [1.54, 1.807) is 10.6 Å². The minimum atomic E-state index is -0.320. The van der Waals surface area contributed by atoms with Crippen molar-refractivity contribution in [2.45, 2.75) is 46.1 Å². The predicted octanol–water partition coefficient (Wildman–Crippen LogP) is 6.21. The summed E-state index contributed by atoms with van der Waals surface area (Å²) in [6.45, 7) is 4.23. The topological polar surface area (TPSA) is 58.7 Å². The molecular weight excluding hydrogens is 437 g/mol. The van der Waals surface area contributed by atoms with E-state index in [9.17, 15) is 14.4 Å². The summed E-state index contributed by atoms with van der Waals surface area (Å²) in [5.74, 6) is 0.316. The minimum Gasteiger partial charge on any atom is -0.292 e. The Labute approximate surface area is 205 Å². The molecule has 0 aliphatic heterocycles. The first-order valence-corrected chi connectivity index (χ1v) is 11.9. The highest BCUT2D eigenvalue weighted by atomic mass is 19.1. The van der Waals surface area contributed by atoms with Gasteiger partial charge in [-0.15, -0.1) is 0 Å². The van der Waals surface area contributed by atoms with Gasteiger partial charge in [-0.05, 0) is 60.2 Å². The highest BCUT2D eigenvalue weighted by Crippen LogP contribution is 2.24. The van der Waals surface area contributed by atoms with E-state index < -0.39 is 0 Å². The molecule has 1 aromatic heterocycles. The molecule has 5 heteroatoms. The highest BCUT2D eigenvalue weighted by molar-refractivity contribution is 5.70. The lowest BCUT2D eigenvalue weighted by Crippen LogP contribution is -2.30. The third-order valence-electron chi connectivity index (χ3n) is 6.23. The van der Waals surface area contributed by atoms with E-state index in [0.717, 1.165) is 47.2 Å². The summed E-state index contributed by atoms with van der Waals surface area (Å²) in [6.07, 6.45) is 3.18. The first-order chi connectivity index (χ1) is 17.0. The van der Waals surface area contributed by atoms with Crippen LogP contribution in [0.4, 0.5) is 4.39 Å². The molecular formula is C30H28FN3O. The van der Waals surface area contributed by atoms with Gasteiger partial charge in [0.2, 0.25) is 0 Å². The molecule has 0 bridgehead atoms. The molecule has 0 aliphatic carbocycles. The van der Waals surface area contributed by atoms with Crippen molar-refractivity contribution in [1.29, 1.82) is 5.26 Å². The van der Waals surface area contributed by atoms with Crippen molar-refractivity contribution in [3.8, 4) is 17.2 Å². The second-order valence-corrected chi connectivity index (χ2v) is 8.74. The number of aromatic nitrogens is 2. The monoisotopic (exact) mass is 465 g/mol. The smallest absolute Gasteiger partial charge is 0.257 e. The van der Waals surface area contributed by atoms with Crippen LogP contribution in [0.5, 0.6) is 0 Å². The van der Waals surface area contributed by atoms with Gasteiger partial charge in [-0.25, -0.2) is 9.37 Å². The van der Waals surface area contributed by atoms with Crippen LogP contribution in [0.3, 0.4) is 0 Å². The van der Waals surface area contributed by atoms with E-state index in [0.29, 0.717) is 23.4 Å². The van der Waals surface area contributed by atoms with Gasteiger partial charge in [0.15, 0.2) is 0 Å². The van der Waals surface area contributed by atoms with E-state index in [1.807, 2.05) is 61.5 Å². The number of rotatable bonds is 8. The fourth-order valence-electron chi connectivity index (χ4n) is 4.33. The van der Waals surface area contributed by atoms with Gasteiger partial charge in [0.25, 0.3) is 5.56 Å². The maximum atomic E-state index is 13.7. The van der Waals surface area contributed by atoms with Crippen LogP contribution in [0.1, 0.15) is 53.5 Å². The Balaban J connectivity index is 1.69. The zero-order chi connectivity index (χ0) is 24.8. The number of benzene rings is 3. The van der Waals surface area contributed by atoms with Gasteiger partial charge in [-0.2, -0.15) is 5.26 Å². The molecule has 0 fully saturated rings. The Kier molecular flexibility index (Phi) is 7.52. The molecule has 0 atom stereocenters. The molecule has 0 unspecified atom stereocenters. The third kappa shape index (κ3) is 5.55. The van der Waals surface area contributed by atoms with Crippen molar-refractivity contribution in [2.75, 3.05) is 0 Å². The van der Waals surface area contributed by atoms with E-state index in [2.05, 4.69) is 13.0 Å². The van der Waals surface area contributed by atoms with Crippen molar-refractivity contribution < 1.29 is 4.39 Å². The summed E-state index contributed by atoms with van der Waals surface area (Å²) < 4.78 is 15.4. The van der Waals surface area contributed by atoms with Crippen molar-refractivity contribution in [3.05, 3.63) is 123 Å². The molecule has 1 heterocycles. The summed E-state index contributed by atoms with van der Waals surface area (Å²) in [7, 11) is 0. The van der Waals surface area contributed by atoms with E-state index in [-0.39, 0.29) is 17.9 Å². The molecule has 0 spiro atoms. The molecule has 4 nitrogen and oxygen atoms in total. The summed E-state index contributed by atoms with van der Waals surface area (Å²) in [5, 5.41) is 9.42. The SMILES string of the molecule is CCCCc1nc(C)n(Cc2cccc(F)c2)c(=O)c1Cc1ccc(-c2ccccc2C#N)cc1. The van der Waals surface area contributed by atoms with Gasteiger partial charge in [0, 0.05) is 12.0 Å².